The molecule has 0 spiro atoms. The highest BCUT2D eigenvalue weighted by Gasteiger charge is 2.21. The van der Waals surface area contributed by atoms with E-state index in [1.54, 1.807) is 6.07 Å². The molecule has 1 amide bonds. The van der Waals surface area contributed by atoms with E-state index in [0.29, 0.717) is 6.42 Å². The van der Waals surface area contributed by atoms with Crippen LogP contribution in [0.25, 0.3) is 0 Å². The Morgan fingerprint density at radius 1 is 1.54 bits per heavy atom. The number of fused-ring (bicyclic) bond motifs is 1. The Balaban J connectivity index is 2.49. The molecule has 0 saturated carbocycles. The van der Waals surface area contributed by atoms with Gasteiger partial charge in [-0.05, 0) is 29.7 Å². The molecule has 1 aliphatic heterocycles. The third kappa shape index (κ3) is 1.54. The summed E-state index contributed by atoms with van der Waals surface area (Å²) < 4.78 is 0. The van der Waals surface area contributed by atoms with Gasteiger partial charge in [-0.3, -0.25) is 4.79 Å². The minimum atomic E-state index is 0.0855. The molecule has 2 rings (SSSR count). The van der Waals surface area contributed by atoms with E-state index in [1.807, 2.05) is 19.1 Å². The van der Waals surface area contributed by atoms with E-state index in [0.717, 1.165) is 16.3 Å². The fraction of sp³-hybridized carbons (Fsp3) is 0.300. The number of nitrogens with one attached hydrogen (secondary N) is 1. The van der Waals surface area contributed by atoms with Gasteiger partial charge in [0.05, 0.1) is 0 Å². The topological polar surface area (TPSA) is 29.1 Å². The highest BCUT2D eigenvalue weighted by Crippen LogP contribution is 2.33. The molecule has 68 valence electrons. The van der Waals surface area contributed by atoms with Crippen molar-refractivity contribution >= 4 is 23.2 Å². The molecule has 13 heavy (non-hydrogen) atoms. The highest BCUT2D eigenvalue weighted by molar-refractivity contribution is 6.30. The molecule has 0 aromatic heterocycles. The molecular formula is C10H10ClNO. The Hall–Kier alpha value is -1.02. The summed E-state index contributed by atoms with van der Waals surface area (Å²) in [5, 5.41) is 3.54. The molecule has 0 saturated heterocycles. The largest absolute Gasteiger partial charge is 0.326 e. The zero-order chi connectivity index (χ0) is 9.42. The average molecular weight is 196 g/mol. The quantitative estimate of drug-likeness (QED) is 0.678. The van der Waals surface area contributed by atoms with Crippen LogP contribution in [0.2, 0.25) is 5.02 Å². The molecular weight excluding hydrogens is 186 g/mol. The number of hydrogen-bond donors (Lipinski definition) is 1. The molecule has 1 aliphatic rings. The highest BCUT2D eigenvalue weighted by atomic mass is 35.5. The first-order valence-electron chi connectivity index (χ1n) is 4.26. The second-order valence-corrected chi connectivity index (χ2v) is 3.82. The molecule has 0 unspecified atom stereocenters. The maximum absolute atomic E-state index is 11.2. The lowest BCUT2D eigenvalue weighted by Gasteiger charge is -2.22. The standard InChI is InChI=1S/C10H10ClNO/c1-6-4-10(13)12-9-3-2-7(11)5-8(6)9/h2-3,5-6H,4H2,1H3,(H,12,13)/t6-/m1/s1. The van der Waals surface area contributed by atoms with Crippen molar-refractivity contribution in [2.24, 2.45) is 0 Å². The fourth-order valence-corrected chi connectivity index (χ4v) is 1.82. The summed E-state index contributed by atoms with van der Waals surface area (Å²) in [4.78, 5) is 11.2. The van der Waals surface area contributed by atoms with Crippen LogP contribution in [-0.2, 0) is 4.79 Å². The molecule has 1 N–H and O–H groups in total. The number of benzene rings is 1. The van der Waals surface area contributed by atoms with Gasteiger partial charge in [0.2, 0.25) is 5.91 Å². The van der Waals surface area contributed by atoms with Crippen molar-refractivity contribution in [1.29, 1.82) is 0 Å². The van der Waals surface area contributed by atoms with Crippen LogP contribution < -0.4 is 5.32 Å². The van der Waals surface area contributed by atoms with Gasteiger partial charge in [0.25, 0.3) is 0 Å². The summed E-state index contributed by atoms with van der Waals surface area (Å²) in [5.74, 6) is 0.352. The number of anilines is 1. The van der Waals surface area contributed by atoms with E-state index in [2.05, 4.69) is 5.32 Å². The van der Waals surface area contributed by atoms with Crippen molar-refractivity contribution < 1.29 is 4.79 Å². The van der Waals surface area contributed by atoms with E-state index in [9.17, 15) is 4.79 Å². The molecule has 0 bridgehead atoms. The first-order valence-corrected chi connectivity index (χ1v) is 4.64. The van der Waals surface area contributed by atoms with Crippen LogP contribution in [0, 0.1) is 0 Å². The summed E-state index contributed by atoms with van der Waals surface area (Å²) in [6, 6.07) is 5.56. The van der Waals surface area contributed by atoms with Crippen molar-refractivity contribution in [3.63, 3.8) is 0 Å². The molecule has 3 heteroatoms. The predicted molar refractivity (Wildman–Crippen MR) is 53.1 cm³/mol. The molecule has 0 fully saturated rings. The van der Waals surface area contributed by atoms with Crippen molar-refractivity contribution in [3.05, 3.63) is 28.8 Å². The van der Waals surface area contributed by atoms with Gasteiger partial charge < -0.3 is 5.32 Å². The van der Waals surface area contributed by atoms with Gasteiger partial charge in [0, 0.05) is 17.1 Å². The summed E-state index contributed by atoms with van der Waals surface area (Å²) in [6.07, 6.45) is 0.549. The summed E-state index contributed by atoms with van der Waals surface area (Å²) in [6.45, 7) is 2.04. The fourth-order valence-electron chi connectivity index (χ4n) is 1.64. The van der Waals surface area contributed by atoms with Crippen molar-refractivity contribution in [2.45, 2.75) is 19.3 Å². The Labute approximate surface area is 81.9 Å². The zero-order valence-electron chi connectivity index (χ0n) is 7.30. The molecule has 1 atom stereocenters. The van der Waals surface area contributed by atoms with Gasteiger partial charge in [0.1, 0.15) is 0 Å². The molecule has 1 aromatic rings. The molecule has 0 radical (unpaired) electrons. The number of carbonyl (C=O) groups is 1. The Morgan fingerprint density at radius 3 is 3.08 bits per heavy atom. The van der Waals surface area contributed by atoms with Crippen LogP contribution in [0.15, 0.2) is 18.2 Å². The van der Waals surface area contributed by atoms with E-state index in [4.69, 9.17) is 11.6 Å². The van der Waals surface area contributed by atoms with Gasteiger partial charge in [-0.25, -0.2) is 0 Å². The number of halogens is 1. The lowest BCUT2D eigenvalue weighted by molar-refractivity contribution is -0.116. The predicted octanol–water partition coefficient (Wildman–Crippen LogP) is 2.79. The van der Waals surface area contributed by atoms with Gasteiger partial charge in [-0.1, -0.05) is 18.5 Å². The first-order chi connectivity index (χ1) is 6.16. The van der Waals surface area contributed by atoms with Gasteiger partial charge in [0.15, 0.2) is 0 Å². The maximum Gasteiger partial charge on any atom is 0.224 e. The van der Waals surface area contributed by atoms with Gasteiger partial charge in [-0.2, -0.15) is 0 Å². The summed E-state index contributed by atoms with van der Waals surface area (Å²) in [7, 11) is 0. The normalized spacial score (nSPS) is 20.8. The van der Waals surface area contributed by atoms with Crippen LogP contribution in [0.3, 0.4) is 0 Å². The third-order valence-corrected chi connectivity index (χ3v) is 2.55. The van der Waals surface area contributed by atoms with Crippen LogP contribution in [-0.4, -0.2) is 5.91 Å². The third-order valence-electron chi connectivity index (χ3n) is 2.31. The van der Waals surface area contributed by atoms with Gasteiger partial charge >= 0.3 is 0 Å². The van der Waals surface area contributed by atoms with Crippen LogP contribution in [0.4, 0.5) is 5.69 Å². The minimum absolute atomic E-state index is 0.0855. The number of hydrogen-bond acceptors (Lipinski definition) is 1. The van der Waals surface area contributed by atoms with E-state index >= 15 is 0 Å². The molecule has 1 heterocycles. The molecule has 1 aromatic carbocycles. The van der Waals surface area contributed by atoms with Crippen LogP contribution in [0.1, 0.15) is 24.8 Å². The summed E-state index contributed by atoms with van der Waals surface area (Å²) in [5.41, 5.74) is 2.03. The second-order valence-electron chi connectivity index (χ2n) is 3.38. The van der Waals surface area contributed by atoms with Gasteiger partial charge in [-0.15, -0.1) is 0 Å². The van der Waals surface area contributed by atoms with E-state index in [1.165, 1.54) is 0 Å². The van der Waals surface area contributed by atoms with E-state index in [-0.39, 0.29) is 11.8 Å². The SMILES string of the molecule is C[C@@H]1CC(=O)Nc2ccc(Cl)cc21. The number of amides is 1. The molecule has 2 nitrogen and oxygen atoms in total. The number of carbonyl (C=O) groups excluding carboxylic acids is 1. The first kappa shape index (κ1) is 8.57. The average Bonchev–Trinajstić information content (AvgIpc) is 2.06. The Kier molecular flexibility index (Phi) is 2.00. The monoisotopic (exact) mass is 195 g/mol. The second kappa shape index (κ2) is 3.04. The smallest absolute Gasteiger partial charge is 0.224 e. The minimum Gasteiger partial charge on any atom is -0.326 e. The lowest BCUT2D eigenvalue weighted by atomic mass is 9.92. The maximum atomic E-state index is 11.2. The van der Waals surface area contributed by atoms with Crippen LogP contribution in [0.5, 0.6) is 0 Å². The van der Waals surface area contributed by atoms with Crippen molar-refractivity contribution in [1.82, 2.24) is 0 Å². The Morgan fingerprint density at radius 2 is 2.31 bits per heavy atom. The van der Waals surface area contributed by atoms with E-state index < -0.39 is 0 Å². The molecule has 0 aliphatic carbocycles. The van der Waals surface area contributed by atoms with Crippen LogP contribution >= 0.6 is 11.6 Å². The Bertz CT molecular complexity index is 362. The lowest BCUT2D eigenvalue weighted by Crippen LogP contribution is -2.21. The van der Waals surface area contributed by atoms with Crippen molar-refractivity contribution in [3.8, 4) is 0 Å². The number of rotatable bonds is 0. The van der Waals surface area contributed by atoms with Crippen molar-refractivity contribution in [2.75, 3.05) is 5.32 Å². The summed E-state index contributed by atoms with van der Waals surface area (Å²) >= 11 is 5.87. The zero-order valence-corrected chi connectivity index (χ0v) is 8.06.